The fraction of sp³-hybridized carbons (Fsp3) is 0.353. The number of nitrogens with one attached hydrogen (secondary N) is 2. The Morgan fingerprint density at radius 3 is 2.42 bits per heavy atom. The maximum atomic E-state index is 11.9. The van der Waals surface area contributed by atoms with Gasteiger partial charge in [0.05, 0.1) is 6.54 Å². The molecule has 1 aromatic carbocycles. The minimum atomic E-state index is -0.510. The third kappa shape index (κ3) is 5.13. The second kappa shape index (κ2) is 7.53. The van der Waals surface area contributed by atoms with Crippen molar-refractivity contribution in [2.24, 2.45) is 12.5 Å². The summed E-state index contributed by atoms with van der Waals surface area (Å²) in [6.45, 7) is 5.37. The molecule has 0 aliphatic carbocycles. The summed E-state index contributed by atoms with van der Waals surface area (Å²) in [5.74, 6) is -0.406. The van der Waals surface area contributed by atoms with E-state index in [4.69, 9.17) is 0 Å². The van der Waals surface area contributed by atoms with Gasteiger partial charge in [0.1, 0.15) is 0 Å². The SMILES string of the molecule is Cn1ccnc1Sc1ccc(NC(=O)CNC(=O)C(C)(C)C)cc1. The van der Waals surface area contributed by atoms with Crippen LogP contribution in [-0.2, 0) is 16.6 Å². The zero-order valence-corrected chi connectivity index (χ0v) is 15.1. The highest BCUT2D eigenvalue weighted by Crippen LogP contribution is 2.26. The highest BCUT2D eigenvalue weighted by molar-refractivity contribution is 7.99. The number of carbonyl (C=O) groups excluding carboxylic acids is 2. The largest absolute Gasteiger partial charge is 0.347 e. The first-order chi connectivity index (χ1) is 11.3. The lowest BCUT2D eigenvalue weighted by atomic mass is 9.96. The van der Waals surface area contributed by atoms with Crippen molar-refractivity contribution in [2.45, 2.75) is 30.8 Å². The summed E-state index contributed by atoms with van der Waals surface area (Å²) in [5.41, 5.74) is 0.179. The molecular formula is C17H22N4O2S. The lowest BCUT2D eigenvalue weighted by Crippen LogP contribution is -2.39. The van der Waals surface area contributed by atoms with Gasteiger partial charge in [0.2, 0.25) is 11.8 Å². The van der Waals surface area contributed by atoms with Crippen molar-refractivity contribution in [3.63, 3.8) is 0 Å². The van der Waals surface area contributed by atoms with Crippen molar-refractivity contribution in [2.75, 3.05) is 11.9 Å². The molecule has 1 aromatic heterocycles. The van der Waals surface area contributed by atoms with Gasteiger partial charge in [-0.05, 0) is 24.3 Å². The van der Waals surface area contributed by atoms with Crippen LogP contribution in [0.1, 0.15) is 20.8 Å². The summed E-state index contributed by atoms with van der Waals surface area (Å²) in [5, 5.41) is 6.29. The normalized spacial score (nSPS) is 11.2. The first-order valence-corrected chi connectivity index (χ1v) is 8.41. The minimum Gasteiger partial charge on any atom is -0.347 e. The number of nitrogens with zero attached hydrogens (tertiary/aromatic N) is 2. The molecule has 6 nitrogen and oxygen atoms in total. The first-order valence-electron chi connectivity index (χ1n) is 7.59. The van der Waals surface area contributed by atoms with Gasteiger partial charge in [-0.3, -0.25) is 9.59 Å². The average molecular weight is 346 g/mol. The molecule has 1 heterocycles. The molecule has 128 valence electrons. The highest BCUT2D eigenvalue weighted by atomic mass is 32.2. The van der Waals surface area contributed by atoms with Gasteiger partial charge in [-0.25, -0.2) is 4.98 Å². The Labute approximate surface area is 146 Å². The third-order valence-electron chi connectivity index (χ3n) is 3.21. The van der Waals surface area contributed by atoms with Gasteiger partial charge in [-0.15, -0.1) is 0 Å². The summed E-state index contributed by atoms with van der Waals surface area (Å²) in [7, 11) is 1.94. The van der Waals surface area contributed by atoms with Crippen molar-refractivity contribution in [1.82, 2.24) is 14.9 Å². The molecule has 0 radical (unpaired) electrons. The van der Waals surface area contributed by atoms with Crippen LogP contribution < -0.4 is 10.6 Å². The molecule has 24 heavy (non-hydrogen) atoms. The van der Waals surface area contributed by atoms with E-state index < -0.39 is 5.41 Å². The summed E-state index contributed by atoms with van der Waals surface area (Å²) < 4.78 is 1.94. The number of hydrogen-bond donors (Lipinski definition) is 2. The molecule has 0 saturated heterocycles. The Morgan fingerprint density at radius 1 is 1.21 bits per heavy atom. The van der Waals surface area contributed by atoms with Gasteiger partial charge in [0.15, 0.2) is 5.16 Å². The Morgan fingerprint density at radius 2 is 1.88 bits per heavy atom. The number of hydrogen-bond acceptors (Lipinski definition) is 4. The van der Waals surface area contributed by atoms with Crippen LogP contribution in [0.15, 0.2) is 46.7 Å². The maximum Gasteiger partial charge on any atom is 0.243 e. The zero-order chi connectivity index (χ0) is 17.7. The molecule has 0 unspecified atom stereocenters. The molecule has 7 heteroatoms. The molecule has 0 bridgehead atoms. The van der Waals surface area contributed by atoms with Crippen LogP contribution in [0, 0.1) is 5.41 Å². The van der Waals surface area contributed by atoms with Crippen LogP contribution in [0.5, 0.6) is 0 Å². The van der Waals surface area contributed by atoms with Crippen LogP contribution in [0.2, 0.25) is 0 Å². The molecule has 2 N–H and O–H groups in total. The van der Waals surface area contributed by atoms with Crippen LogP contribution >= 0.6 is 11.8 Å². The van der Waals surface area contributed by atoms with Crippen LogP contribution in [0.25, 0.3) is 0 Å². The number of aryl methyl sites for hydroxylation is 1. The van der Waals surface area contributed by atoms with E-state index in [1.807, 2.05) is 42.1 Å². The molecule has 0 saturated carbocycles. The van der Waals surface area contributed by atoms with E-state index in [1.165, 1.54) is 0 Å². The van der Waals surface area contributed by atoms with E-state index in [0.717, 1.165) is 10.1 Å². The van der Waals surface area contributed by atoms with Gasteiger partial charge in [-0.1, -0.05) is 32.5 Å². The smallest absolute Gasteiger partial charge is 0.243 e. The number of aromatic nitrogens is 2. The maximum absolute atomic E-state index is 11.9. The molecule has 0 aliphatic rings. The zero-order valence-electron chi connectivity index (χ0n) is 14.3. The number of rotatable bonds is 5. The monoisotopic (exact) mass is 346 g/mol. The fourth-order valence-corrected chi connectivity index (χ4v) is 2.59. The summed E-state index contributed by atoms with van der Waals surface area (Å²) >= 11 is 1.55. The van der Waals surface area contributed by atoms with Crippen molar-refractivity contribution in [3.05, 3.63) is 36.7 Å². The van der Waals surface area contributed by atoms with Gasteiger partial charge in [0.25, 0.3) is 0 Å². The third-order valence-corrected chi connectivity index (χ3v) is 4.30. The van der Waals surface area contributed by atoms with E-state index in [2.05, 4.69) is 15.6 Å². The Balaban J connectivity index is 1.86. The lowest BCUT2D eigenvalue weighted by molar-refractivity contribution is -0.130. The summed E-state index contributed by atoms with van der Waals surface area (Å²) in [4.78, 5) is 28.9. The fourth-order valence-electron chi connectivity index (χ4n) is 1.79. The van der Waals surface area contributed by atoms with Crippen molar-refractivity contribution in [1.29, 1.82) is 0 Å². The Hall–Kier alpha value is -2.28. The quantitative estimate of drug-likeness (QED) is 0.873. The minimum absolute atomic E-state index is 0.0418. The molecule has 0 atom stereocenters. The molecule has 0 spiro atoms. The molecule has 2 aromatic rings. The van der Waals surface area contributed by atoms with Gasteiger partial charge < -0.3 is 15.2 Å². The lowest BCUT2D eigenvalue weighted by Gasteiger charge is -2.17. The summed E-state index contributed by atoms with van der Waals surface area (Å²) in [6, 6.07) is 7.49. The number of amides is 2. The van der Waals surface area contributed by atoms with E-state index in [9.17, 15) is 9.59 Å². The van der Waals surface area contributed by atoms with Crippen molar-refractivity contribution >= 4 is 29.3 Å². The second-order valence-electron chi connectivity index (χ2n) is 6.43. The standard InChI is InChI=1S/C17H22N4O2S/c1-17(2,3)15(23)19-11-14(22)20-12-5-7-13(8-6-12)24-16-18-9-10-21(16)4/h5-10H,11H2,1-4H3,(H,19,23)(H,20,22). The van der Waals surface area contributed by atoms with Gasteiger partial charge >= 0.3 is 0 Å². The van der Waals surface area contributed by atoms with Crippen LogP contribution in [-0.4, -0.2) is 27.9 Å². The summed E-state index contributed by atoms with van der Waals surface area (Å²) in [6.07, 6.45) is 3.64. The Kier molecular flexibility index (Phi) is 5.66. The number of carbonyl (C=O) groups is 2. The predicted molar refractivity (Wildman–Crippen MR) is 94.9 cm³/mol. The highest BCUT2D eigenvalue weighted by Gasteiger charge is 2.21. The van der Waals surface area contributed by atoms with Crippen molar-refractivity contribution < 1.29 is 9.59 Å². The van der Waals surface area contributed by atoms with Crippen LogP contribution in [0.4, 0.5) is 5.69 Å². The number of anilines is 1. The predicted octanol–water partition coefficient (Wildman–Crippen LogP) is 2.67. The topological polar surface area (TPSA) is 76.0 Å². The van der Waals surface area contributed by atoms with Crippen molar-refractivity contribution in [3.8, 4) is 0 Å². The molecule has 2 amide bonds. The second-order valence-corrected chi connectivity index (χ2v) is 7.47. The van der Waals surface area contributed by atoms with E-state index >= 15 is 0 Å². The van der Waals surface area contributed by atoms with E-state index in [-0.39, 0.29) is 18.4 Å². The molecule has 2 rings (SSSR count). The van der Waals surface area contributed by atoms with E-state index in [0.29, 0.717) is 5.69 Å². The Bertz CT molecular complexity index is 717. The number of imidazole rings is 1. The number of benzene rings is 1. The molecule has 0 fully saturated rings. The average Bonchev–Trinajstić information content (AvgIpc) is 2.91. The van der Waals surface area contributed by atoms with E-state index in [1.54, 1.807) is 38.7 Å². The molecular weight excluding hydrogens is 324 g/mol. The molecule has 0 aliphatic heterocycles. The van der Waals surface area contributed by atoms with Gasteiger partial charge in [-0.2, -0.15) is 0 Å². The first kappa shape index (κ1) is 18.1. The van der Waals surface area contributed by atoms with Crippen LogP contribution in [0.3, 0.4) is 0 Å². The van der Waals surface area contributed by atoms with Gasteiger partial charge in [0, 0.05) is 35.4 Å².